The number of Topliss-reactive ketones (excluding diaryl/α,β-unsaturated/α-hetero) is 1. The third-order valence-electron chi connectivity index (χ3n) is 1.65. The average Bonchev–Trinajstić information content (AvgIpc) is 2.01. The molecule has 1 aliphatic rings. The van der Waals surface area contributed by atoms with Gasteiger partial charge < -0.3 is 20.1 Å². The molecular formula is C6H10O5. The van der Waals surface area contributed by atoms with Gasteiger partial charge in [-0.15, -0.1) is 0 Å². The highest BCUT2D eigenvalue weighted by atomic mass is 16.5. The molecule has 3 N–H and O–H groups in total. The van der Waals surface area contributed by atoms with Crippen molar-refractivity contribution < 1.29 is 24.9 Å². The van der Waals surface area contributed by atoms with E-state index in [1.54, 1.807) is 0 Å². The Balaban J connectivity index is 2.59. The molecule has 64 valence electrons. The van der Waals surface area contributed by atoms with Crippen molar-refractivity contribution in [3.8, 4) is 0 Å². The van der Waals surface area contributed by atoms with Crippen LogP contribution in [0.15, 0.2) is 0 Å². The SMILES string of the molecule is O=C1CO[C@@H](CO)C(O)C1O. The minimum atomic E-state index is -1.42. The molecule has 1 saturated heterocycles. The summed E-state index contributed by atoms with van der Waals surface area (Å²) >= 11 is 0. The molecule has 1 rings (SSSR count). The molecule has 3 atom stereocenters. The van der Waals surface area contributed by atoms with Crippen LogP contribution >= 0.6 is 0 Å². The van der Waals surface area contributed by atoms with Crippen LogP contribution in [0.3, 0.4) is 0 Å². The molecule has 0 bridgehead atoms. The molecule has 0 aromatic rings. The zero-order chi connectivity index (χ0) is 8.43. The van der Waals surface area contributed by atoms with E-state index in [1.165, 1.54) is 0 Å². The van der Waals surface area contributed by atoms with Gasteiger partial charge in [-0.05, 0) is 0 Å². The van der Waals surface area contributed by atoms with Gasteiger partial charge >= 0.3 is 0 Å². The molecule has 0 aromatic heterocycles. The summed E-state index contributed by atoms with van der Waals surface area (Å²) in [6.45, 7) is -0.644. The molecule has 0 radical (unpaired) electrons. The summed E-state index contributed by atoms with van der Waals surface area (Å²) in [5, 5.41) is 26.6. The summed E-state index contributed by atoms with van der Waals surface area (Å²) in [6.07, 6.45) is -3.56. The van der Waals surface area contributed by atoms with Crippen molar-refractivity contribution in [2.75, 3.05) is 13.2 Å². The molecule has 1 heterocycles. The molecule has 0 aromatic carbocycles. The summed E-state index contributed by atoms with van der Waals surface area (Å²) in [6, 6.07) is 0. The van der Waals surface area contributed by atoms with Crippen LogP contribution in [0, 0.1) is 0 Å². The van der Waals surface area contributed by atoms with Gasteiger partial charge in [-0.2, -0.15) is 0 Å². The first-order valence-electron chi connectivity index (χ1n) is 3.28. The second-order valence-corrected chi connectivity index (χ2v) is 2.43. The van der Waals surface area contributed by atoms with Crippen molar-refractivity contribution in [3.05, 3.63) is 0 Å². The molecule has 2 unspecified atom stereocenters. The van der Waals surface area contributed by atoms with Crippen LogP contribution in [-0.4, -0.2) is 52.6 Å². The third-order valence-corrected chi connectivity index (χ3v) is 1.65. The molecule has 1 aliphatic heterocycles. The van der Waals surface area contributed by atoms with E-state index < -0.39 is 30.7 Å². The van der Waals surface area contributed by atoms with Gasteiger partial charge in [0.25, 0.3) is 0 Å². The third kappa shape index (κ3) is 1.57. The summed E-state index contributed by atoms with van der Waals surface area (Å²) in [7, 11) is 0. The van der Waals surface area contributed by atoms with Crippen LogP contribution in [0.5, 0.6) is 0 Å². The van der Waals surface area contributed by atoms with Gasteiger partial charge in [0.1, 0.15) is 24.9 Å². The Morgan fingerprint density at radius 1 is 1.55 bits per heavy atom. The van der Waals surface area contributed by atoms with Crippen LogP contribution in [0.1, 0.15) is 0 Å². The van der Waals surface area contributed by atoms with Crippen LogP contribution in [0.4, 0.5) is 0 Å². The first-order valence-corrected chi connectivity index (χ1v) is 3.28. The molecule has 11 heavy (non-hydrogen) atoms. The Morgan fingerprint density at radius 3 is 2.73 bits per heavy atom. The minimum Gasteiger partial charge on any atom is -0.394 e. The zero-order valence-electron chi connectivity index (χ0n) is 5.80. The maximum Gasteiger partial charge on any atom is 0.189 e. The molecule has 0 saturated carbocycles. The number of rotatable bonds is 1. The van der Waals surface area contributed by atoms with Crippen LogP contribution < -0.4 is 0 Å². The quantitative estimate of drug-likeness (QED) is 0.402. The van der Waals surface area contributed by atoms with E-state index in [-0.39, 0.29) is 6.61 Å². The number of aliphatic hydroxyl groups excluding tert-OH is 3. The van der Waals surface area contributed by atoms with Gasteiger partial charge in [-0.3, -0.25) is 4.79 Å². The lowest BCUT2D eigenvalue weighted by Gasteiger charge is -2.29. The van der Waals surface area contributed by atoms with Gasteiger partial charge in [-0.1, -0.05) is 0 Å². The van der Waals surface area contributed by atoms with Crippen LogP contribution in [0.25, 0.3) is 0 Å². The standard InChI is InChI=1S/C6H10O5/c7-1-4-6(10)5(9)3(8)2-11-4/h4-7,9-10H,1-2H2/t4-,5?,6?/m0/s1. The number of aliphatic hydroxyl groups is 3. The van der Waals surface area contributed by atoms with Crippen molar-refractivity contribution in [1.29, 1.82) is 0 Å². The molecular weight excluding hydrogens is 152 g/mol. The van der Waals surface area contributed by atoms with Gasteiger partial charge in [-0.25, -0.2) is 0 Å². The first kappa shape index (κ1) is 8.61. The van der Waals surface area contributed by atoms with Gasteiger partial charge in [0, 0.05) is 0 Å². The molecule has 5 nitrogen and oxygen atoms in total. The van der Waals surface area contributed by atoms with Crippen molar-refractivity contribution in [2.24, 2.45) is 0 Å². The van der Waals surface area contributed by atoms with Crippen molar-refractivity contribution >= 4 is 5.78 Å². The van der Waals surface area contributed by atoms with Gasteiger partial charge in [0.2, 0.25) is 0 Å². The van der Waals surface area contributed by atoms with E-state index in [2.05, 4.69) is 0 Å². The lowest BCUT2D eigenvalue weighted by Crippen LogP contribution is -2.51. The van der Waals surface area contributed by atoms with E-state index in [0.29, 0.717) is 0 Å². The maximum absolute atomic E-state index is 10.6. The summed E-state index contributed by atoms with van der Waals surface area (Å²) in [5.74, 6) is -0.554. The Labute approximate surface area is 63.2 Å². The second-order valence-electron chi connectivity index (χ2n) is 2.43. The smallest absolute Gasteiger partial charge is 0.189 e. The van der Waals surface area contributed by atoms with E-state index in [1.807, 2.05) is 0 Å². The topological polar surface area (TPSA) is 87.0 Å². The van der Waals surface area contributed by atoms with E-state index in [4.69, 9.17) is 20.1 Å². The Morgan fingerprint density at radius 2 is 2.18 bits per heavy atom. The van der Waals surface area contributed by atoms with Crippen LogP contribution in [0.2, 0.25) is 0 Å². The fraction of sp³-hybridized carbons (Fsp3) is 0.833. The largest absolute Gasteiger partial charge is 0.394 e. The highest BCUT2D eigenvalue weighted by Crippen LogP contribution is 2.11. The van der Waals surface area contributed by atoms with E-state index in [9.17, 15) is 4.79 Å². The van der Waals surface area contributed by atoms with Crippen LogP contribution in [-0.2, 0) is 9.53 Å². The molecule has 0 aliphatic carbocycles. The zero-order valence-corrected chi connectivity index (χ0v) is 5.80. The van der Waals surface area contributed by atoms with E-state index >= 15 is 0 Å². The fourth-order valence-electron chi connectivity index (χ4n) is 0.928. The number of hydrogen-bond donors (Lipinski definition) is 3. The summed E-state index contributed by atoms with van der Waals surface area (Å²) in [5.41, 5.74) is 0. The number of carbonyl (C=O) groups is 1. The number of carbonyl (C=O) groups excluding carboxylic acids is 1. The van der Waals surface area contributed by atoms with Gasteiger partial charge in [0.05, 0.1) is 6.61 Å². The van der Waals surface area contributed by atoms with E-state index in [0.717, 1.165) is 0 Å². The number of ether oxygens (including phenoxy) is 1. The highest BCUT2D eigenvalue weighted by molar-refractivity contribution is 5.85. The number of ketones is 1. The monoisotopic (exact) mass is 162 g/mol. The second kappa shape index (κ2) is 3.27. The predicted octanol–water partition coefficient (Wildman–Crippen LogP) is -2.33. The molecule has 1 fully saturated rings. The first-order chi connectivity index (χ1) is 5.16. The van der Waals surface area contributed by atoms with Gasteiger partial charge in [0.15, 0.2) is 5.78 Å². The maximum atomic E-state index is 10.6. The fourth-order valence-corrected chi connectivity index (χ4v) is 0.928. The molecule has 0 spiro atoms. The lowest BCUT2D eigenvalue weighted by molar-refractivity contribution is -0.170. The predicted molar refractivity (Wildman–Crippen MR) is 33.8 cm³/mol. The summed E-state index contributed by atoms with van der Waals surface area (Å²) < 4.78 is 4.71. The normalized spacial score (nSPS) is 39.2. The Kier molecular flexibility index (Phi) is 2.56. The number of hydrogen-bond acceptors (Lipinski definition) is 5. The molecule has 0 amide bonds. The lowest BCUT2D eigenvalue weighted by atomic mass is 10.0. The Hall–Kier alpha value is -0.490. The van der Waals surface area contributed by atoms with Crippen molar-refractivity contribution in [1.82, 2.24) is 0 Å². The Bertz CT molecular complexity index is 157. The minimum absolute atomic E-state index is 0.247. The van der Waals surface area contributed by atoms with Crippen molar-refractivity contribution in [2.45, 2.75) is 18.3 Å². The molecule has 5 heteroatoms. The highest BCUT2D eigenvalue weighted by Gasteiger charge is 2.36. The summed E-state index contributed by atoms with van der Waals surface area (Å²) in [4.78, 5) is 10.6. The average molecular weight is 162 g/mol. The van der Waals surface area contributed by atoms with Crippen molar-refractivity contribution in [3.63, 3.8) is 0 Å².